The molecule has 1 radical (unpaired) electrons. The third kappa shape index (κ3) is 7.27. The minimum absolute atomic E-state index is 0.500. The first kappa shape index (κ1) is 8.27. The Labute approximate surface area is 55.1 Å². The van der Waals surface area contributed by atoms with Crippen molar-refractivity contribution in [1.29, 1.82) is 0 Å². The van der Waals surface area contributed by atoms with E-state index in [1.54, 1.807) is 0 Å². The van der Waals surface area contributed by atoms with E-state index in [0.717, 1.165) is 6.42 Å². The molecule has 3 nitrogen and oxygen atoms in total. The van der Waals surface area contributed by atoms with Gasteiger partial charge in [-0.15, -0.1) is 0 Å². The Morgan fingerprint density at radius 3 is 2.44 bits per heavy atom. The molecule has 1 N–H and O–H groups in total. The van der Waals surface area contributed by atoms with Crippen LogP contribution in [0, 0.1) is 5.92 Å². The maximum absolute atomic E-state index is 9.76. The van der Waals surface area contributed by atoms with Crippen LogP contribution in [0.3, 0.4) is 0 Å². The van der Waals surface area contributed by atoms with E-state index in [0.29, 0.717) is 12.5 Å². The molecule has 0 aromatic rings. The van der Waals surface area contributed by atoms with Gasteiger partial charge in [0, 0.05) is 6.54 Å². The number of carbonyl (C=O) groups excluding carboxylic acids is 1. The molecule has 0 bridgehead atoms. The lowest BCUT2D eigenvalue weighted by Gasteiger charge is -2.01. The Bertz CT molecular complexity index is 91.1. The van der Waals surface area contributed by atoms with Gasteiger partial charge < -0.3 is 5.32 Å². The highest BCUT2D eigenvalue weighted by Crippen LogP contribution is 1.95. The maximum Gasteiger partial charge on any atom is 0.450 e. The zero-order valence-corrected chi connectivity index (χ0v) is 5.81. The fraction of sp³-hybridized carbons (Fsp3) is 0.833. The number of nitrogens with one attached hydrogen (secondary N) is 1. The van der Waals surface area contributed by atoms with Gasteiger partial charge >= 0.3 is 6.09 Å². The molecule has 3 heteroatoms. The summed E-state index contributed by atoms with van der Waals surface area (Å²) < 4.78 is 0. The maximum atomic E-state index is 9.76. The van der Waals surface area contributed by atoms with Crippen LogP contribution in [-0.2, 0) is 5.11 Å². The molecule has 0 atom stereocenters. The molecule has 0 aliphatic carbocycles. The molecule has 0 saturated carbocycles. The van der Waals surface area contributed by atoms with E-state index in [2.05, 4.69) is 5.32 Å². The van der Waals surface area contributed by atoms with E-state index >= 15 is 0 Å². The van der Waals surface area contributed by atoms with Crippen molar-refractivity contribution >= 4 is 6.09 Å². The molecule has 0 aromatic carbocycles. The first-order valence-corrected chi connectivity index (χ1v) is 3.07. The molecule has 0 rings (SSSR count). The molecule has 0 aromatic heterocycles. The average Bonchev–Trinajstić information content (AvgIpc) is 1.63. The van der Waals surface area contributed by atoms with Crippen LogP contribution < -0.4 is 5.32 Å². The van der Waals surface area contributed by atoms with Gasteiger partial charge in [0.25, 0.3) is 0 Å². The van der Waals surface area contributed by atoms with Crippen molar-refractivity contribution in [1.82, 2.24) is 5.32 Å². The Morgan fingerprint density at radius 1 is 1.56 bits per heavy atom. The summed E-state index contributed by atoms with van der Waals surface area (Å²) in [6.45, 7) is 4.58. The van der Waals surface area contributed by atoms with Gasteiger partial charge in [0.1, 0.15) is 0 Å². The summed E-state index contributed by atoms with van der Waals surface area (Å²) in [5.74, 6) is 0.539. The van der Waals surface area contributed by atoms with Crippen molar-refractivity contribution < 1.29 is 9.90 Å². The standard InChI is InChI=1S/C6H12NO2/c1-5(2)3-4-7-6(8)9/h5,7H,3-4H2,1-2H3. The molecule has 0 aliphatic heterocycles. The Morgan fingerprint density at radius 2 is 2.11 bits per heavy atom. The molecular weight excluding hydrogens is 118 g/mol. The predicted molar refractivity (Wildman–Crippen MR) is 33.5 cm³/mol. The molecule has 0 unspecified atom stereocenters. The quantitative estimate of drug-likeness (QED) is 0.612. The number of hydrogen-bond donors (Lipinski definition) is 1. The third-order valence-corrected chi connectivity index (χ3v) is 0.991. The van der Waals surface area contributed by atoms with Crippen LogP contribution >= 0.6 is 0 Å². The summed E-state index contributed by atoms with van der Waals surface area (Å²) in [6, 6.07) is 0. The molecule has 0 aliphatic rings. The number of amides is 1. The molecule has 1 amide bonds. The van der Waals surface area contributed by atoms with E-state index in [4.69, 9.17) is 0 Å². The van der Waals surface area contributed by atoms with Crippen molar-refractivity contribution in [3.8, 4) is 0 Å². The van der Waals surface area contributed by atoms with E-state index in [1.165, 1.54) is 0 Å². The molecule has 0 fully saturated rings. The second-order valence-corrected chi connectivity index (χ2v) is 2.40. The third-order valence-electron chi connectivity index (χ3n) is 0.991. The largest absolute Gasteiger partial charge is 0.450 e. The molecule has 0 saturated heterocycles. The number of hydrogen-bond acceptors (Lipinski definition) is 1. The Hall–Kier alpha value is -0.730. The predicted octanol–water partition coefficient (Wildman–Crippen LogP) is 1.17. The second kappa shape index (κ2) is 4.18. The van der Waals surface area contributed by atoms with Crippen molar-refractivity contribution in [2.75, 3.05) is 6.54 Å². The highest BCUT2D eigenvalue weighted by molar-refractivity contribution is 5.63. The average molecular weight is 130 g/mol. The highest BCUT2D eigenvalue weighted by Gasteiger charge is 1.96. The minimum atomic E-state index is -1.18. The van der Waals surface area contributed by atoms with E-state index < -0.39 is 6.09 Å². The van der Waals surface area contributed by atoms with Gasteiger partial charge in [-0.2, -0.15) is 0 Å². The van der Waals surface area contributed by atoms with Crippen LogP contribution in [0.5, 0.6) is 0 Å². The van der Waals surface area contributed by atoms with Gasteiger partial charge in [-0.3, -0.25) is 0 Å². The lowest BCUT2D eigenvalue weighted by atomic mass is 10.1. The number of rotatable bonds is 3. The SMILES string of the molecule is CC(C)CCNC([O])=O. The van der Waals surface area contributed by atoms with Gasteiger partial charge in [0.2, 0.25) is 0 Å². The van der Waals surface area contributed by atoms with Crippen LogP contribution in [0.2, 0.25) is 0 Å². The van der Waals surface area contributed by atoms with Crippen molar-refractivity contribution in [3.63, 3.8) is 0 Å². The van der Waals surface area contributed by atoms with Crippen LogP contribution in [0.1, 0.15) is 20.3 Å². The van der Waals surface area contributed by atoms with Crippen molar-refractivity contribution in [3.05, 3.63) is 0 Å². The summed E-state index contributed by atoms with van der Waals surface area (Å²) in [6.07, 6.45) is -0.316. The van der Waals surface area contributed by atoms with Crippen molar-refractivity contribution in [2.24, 2.45) is 5.92 Å². The Kier molecular flexibility index (Phi) is 3.84. The van der Waals surface area contributed by atoms with Crippen LogP contribution in [0.4, 0.5) is 4.79 Å². The van der Waals surface area contributed by atoms with Gasteiger partial charge in [-0.05, 0) is 12.3 Å². The Balaban J connectivity index is 3.01. The summed E-state index contributed by atoms with van der Waals surface area (Å²) in [5.41, 5.74) is 0. The molecule has 9 heavy (non-hydrogen) atoms. The zero-order valence-electron chi connectivity index (χ0n) is 5.81. The van der Waals surface area contributed by atoms with Crippen LogP contribution in [-0.4, -0.2) is 12.6 Å². The normalized spacial score (nSPS) is 9.67. The number of carbonyl (C=O) groups is 1. The fourth-order valence-electron chi connectivity index (χ4n) is 0.463. The highest BCUT2D eigenvalue weighted by atomic mass is 16.4. The molecular formula is C6H12NO2. The zero-order chi connectivity index (χ0) is 7.28. The first-order valence-electron chi connectivity index (χ1n) is 3.07. The van der Waals surface area contributed by atoms with Crippen molar-refractivity contribution in [2.45, 2.75) is 20.3 Å². The summed E-state index contributed by atoms with van der Waals surface area (Å²) in [7, 11) is 0. The summed E-state index contributed by atoms with van der Waals surface area (Å²) in [5, 5.41) is 11.9. The smallest absolute Gasteiger partial charge is 0.318 e. The lowest BCUT2D eigenvalue weighted by molar-refractivity contribution is 0.168. The second-order valence-electron chi connectivity index (χ2n) is 2.40. The van der Waals surface area contributed by atoms with E-state index in [-0.39, 0.29) is 0 Å². The molecule has 0 heterocycles. The van der Waals surface area contributed by atoms with E-state index in [9.17, 15) is 9.90 Å². The van der Waals surface area contributed by atoms with Crippen LogP contribution in [0.15, 0.2) is 0 Å². The summed E-state index contributed by atoms with van der Waals surface area (Å²) >= 11 is 0. The monoisotopic (exact) mass is 130 g/mol. The molecule has 0 spiro atoms. The van der Waals surface area contributed by atoms with Crippen LogP contribution in [0.25, 0.3) is 0 Å². The van der Waals surface area contributed by atoms with Gasteiger partial charge in [-0.1, -0.05) is 13.8 Å². The van der Waals surface area contributed by atoms with Gasteiger partial charge in [-0.25, -0.2) is 9.90 Å². The molecule has 53 valence electrons. The van der Waals surface area contributed by atoms with Gasteiger partial charge in [0.15, 0.2) is 0 Å². The lowest BCUT2D eigenvalue weighted by Crippen LogP contribution is -2.21. The van der Waals surface area contributed by atoms with E-state index in [1.807, 2.05) is 13.8 Å². The first-order chi connectivity index (χ1) is 4.13. The van der Waals surface area contributed by atoms with Gasteiger partial charge in [0.05, 0.1) is 0 Å². The topological polar surface area (TPSA) is 49.0 Å². The fourth-order valence-corrected chi connectivity index (χ4v) is 0.463. The summed E-state index contributed by atoms with van der Waals surface area (Å²) in [4.78, 5) is 9.76. The minimum Gasteiger partial charge on any atom is -0.318 e.